The normalized spacial score (nSPS) is 10.3. The number of carboxylic acids is 1. The highest BCUT2D eigenvalue weighted by Crippen LogP contribution is 2.34. The Morgan fingerprint density at radius 2 is 2.00 bits per heavy atom. The molecule has 0 unspecified atom stereocenters. The number of aromatic carboxylic acids is 1. The molecule has 6 heteroatoms. The maximum absolute atomic E-state index is 13.1. The fourth-order valence-electron chi connectivity index (χ4n) is 1.57. The van der Waals surface area contributed by atoms with Crippen LogP contribution in [0.4, 0.5) is 15.8 Å². The number of benzene rings is 2. The molecule has 0 amide bonds. The van der Waals surface area contributed by atoms with E-state index in [1.807, 2.05) is 0 Å². The van der Waals surface area contributed by atoms with Crippen molar-refractivity contribution in [3.8, 4) is 0 Å². The van der Waals surface area contributed by atoms with E-state index >= 15 is 0 Å². The van der Waals surface area contributed by atoms with E-state index in [-0.39, 0.29) is 10.6 Å². The molecule has 0 aliphatic heterocycles. The van der Waals surface area contributed by atoms with E-state index in [9.17, 15) is 9.18 Å². The van der Waals surface area contributed by atoms with Gasteiger partial charge in [-0.2, -0.15) is 0 Å². The standard InChI is InChI=1S/C13H8BrClFNO2/c14-9-5-7(16)6-10(15)12(9)17-11-4-2-1-3-8(11)13(18)19/h1-6,17H,(H,18,19). The SMILES string of the molecule is O=C(O)c1ccccc1Nc1c(Cl)cc(F)cc1Br. The monoisotopic (exact) mass is 343 g/mol. The molecule has 2 rings (SSSR count). The first-order valence-corrected chi connectivity index (χ1v) is 6.40. The molecule has 0 aliphatic carbocycles. The van der Waals surface area contributed by atoms with Crippen molar-refractivity contribution in [3.05, 3.63) is 57.3 Å². The topological polar surface area (TPSA) is 49.3 Å². The van der Waals surface area contributed by atoms with Crippen LogP contribution in [-0.4, -0.2) is 11.1 Å². The second-order valence-corrected chi connectivity index (χ2v) is 4.98. The van der Waals surface area contributed by atoms with E-state index in [1.165, 1.54) is 12.1 Å². The molecule has 0 spiro atoms. The molecule has 2 aromatic rings. The number of hydrogen-bond acceptors (Lipinski definition) is 2. The van der Waals surface area contributed by atoms with Gasteiger partial charge in [-0.25, -0.2) is 9.18 Å². The highest BCUT2D eigenvalue weighted by Gasteiger charge is 2.13. The lowest BCUT2D eigenvalue weighted by Gasteiger charge is -2.12. The minimum Gasteiger partial charge on any atom is -0.478 e. The predicted molar refractivity (Wildman–Crippen MR) is 75.8 cm³/mol. The van der Waals surface area contributed by atoms with Crippen LogP contribution in [0, 0.1) is 5.82 Å². The Labute approximate surface area is 122 Å². The zero-order valence-electron chi connectivity index (χ0n) is 9.45. The zero-order valence-corrected chi connectivity index (χ0v) is 11.8. The molecule has 0 aromatic heterocycles. The fraction of sp³-hybridized carbons (Fsp3) is 0. The first-order valence-electron chi connectivity index (χ1n) is 5.23. The van der Waals surface area contributed by atoms with Gasteiger partial charge in [0.1, 0.15) is 5.82 Å². The molecule has 0 heterocycles. The van der Waals surface area contributed by atoms with Gasteiger partial charge in [0.2, 0.25) is 0 Å². The number of anilines is 2. The molecule has 0 atom stereocenters. The van der Waals surface area contributed by atoms with Crippen LogP contribution in [0.5, 0.6) is 0 Å². The quantitative estimate of drug-likeness (QED) is 0.849. The number of hydrogen-bond donors (Lipinski definition) is 2. The summed E-state index contributed by atoms with van der Waals surface area (Å²) in [5.74, 6) is -1.54. The summed E-state index contributed by atoms with van der Waals surface area (Å²) in [6.45, 7) is 0. The van der Waals surface area contributed by atoms with E-state index < -0.39 is 11.8 Å². The van der Waals surface area contributed by atoms with E-state index in [0.29, 0.717) is 15.8 Å². The van der Waals surface area contributed by atoms with Crippen LogP contribution in [0.3, 0.4) is 0 Å². The molecule has 0 radical (unpaired) electrons. The molecule has 2 N–H and O–H groups in total. The second-order valence-electron chi connectivity index (χ2n) is 3.72. The minimum atomic E-state index is -1.06. The van der Waals surface area contributed by atoms with Gasteiger partial charge in [0.15, 0.2) is 0 Å². The number of carboxylic acid groups (broad SMARTS) is 1. The first-order chi connectivity index (χ1) is 8.99. The Bertz CT molecular complexity index is 625. The molecule has 19 heavy (non-hydrogen) atoms. The lowest BCUT2D eigenvalue weighted by atomic mass is 10.1. The largest absolute Gasteiger partial charge is 0.478 e. The molecule has 2 aromatic carbocycles. The number of carbonyl (C=O) groups is 1. The van der Waals surface area contributed by atoms with Crippen LogP contribution >= 0.6 is 27.5 Å². The van der Waals surface area contributed by atoms with Crippen molar-refractivity contribution in [2.24, 2.45) is 0 Å². The van der Waals surface area contributed by atoms with Crippen LogP contribution < -0.4 is 5.32 Å². The summed E-state index contributed by atoms with van der Waals surface area (Å²) < 4.78 is 13.5. The van der Waals surface area contributed by atoms with E-state index in [2.05, 4.69) is 21.2 Å². The number of rotatable bonds is 3. The van der Waals surface area contributed by atoms with E-state index in [4.69, 9.17) is 16.7 Å². The van der Waals surface area contributed by atoms with Crippen molar-refractivity contribution in [3.63, 3.8) is 0 Å². The third-order valence-corrected chi connectivity index (χ3v) is 3.35. The van der Waals surface area contributed by atoms with Gasteiger partial charge in [-0.3, -0.25) is 0 Å². The molecular weight excluding hydrogens is 337 g/mol. The molecule has 3 nitrogen and oxygen atoms in total. The average molecular weight is 345 g/mol. The van der Waals surface area contributed by atoms with Crippen LogP contribution in [0.1, 0.15) is 10.4 Å². The van der Waals surface area contributed by atoms with Gasteiger partial charge in [0.05, 0.1) is 22.0 Å². The van der Waals surface area contributed by atoms with Crippen LogP contribution in [0.2, 0.25) is 5.02 Å². The molecule has 0 saturated heterocycles. The predicted octanol–water partition coefficient (Wildman–Crippen LogP) is 4.68. The van der Waals surface area contributed by atoms with Gasteiger partial charge < -0.3 is 10.4 Å². The second kappa shape index (κ2) is 5.59. The molecule has 0 fully saturated rings. The Kier molecular flexibility index (Phi) is 4.07. The maximum atomic E-state index is 13.1. The third kappa shape index (κ3) is 3.05. The summed E-state index contributed by atoms with van der Waals surface area (Å²) in [7, 11) is 0. The molecule has 0 bridgehead atoms. The van der Waals surface area contributed by atoms with Crippen LogP contribution in [0.25, 0.3) is 0 Å². The fourth-order valence-corrected chi connectivity index (χ4v) is 2.47. The van der Waals surface area contributed by atoms with Crippen molar-refractivity contribution in [1.82, 2.24) is 0 Å². The lowest BCUT2D eigenvalue weighted by Crippen LogP contribution is -2.03. The average Bonchev–Trinajstić information content (AvgIpc) is 2.34. The lowest BCUT2D eigenvalue weighted by molar-refractivity contribution is 0.0698. The number of halogens is 3. The highest BCUT2D eigenvalue weighted by molar-refractivity contribution is 9.10. The van der Waals surface area contributed by atoms with Crippen molar-refractivity contribution in [2.75, 3.05) is 5.32 Å². The van der Waals surface area contributed by atoms with Gasteiger partial charge >= 0.3 is 5.97 Å². The van der Waals surface area contributed by atoms with Crippen molar-refractivity contribution in [2.45, 2.75) is 0 Å². The van der Waals surface area contributed by atoms with Gasteiger partial charge in [0.25, 0.3) is 0 Å². The maximum Gasteiger partial charge on any atom is 0.337 e. The van der Waals surface area contributed by atoms with Gasteiger partial charge in [-0.05, 0) is 40.2 Å². The molecular formula is C13H8BrClFNO2. The van der Waals surface area contributed by atoms with Gasteiger partial charge in [-0.15, -0.1) is 0 Å². The van der Waals surface area contributed by atoms with Crippen LogP contribution in [-0.2, 0) is 0 Å². The summed E-state index contributed by atoms with van der Waals surface area (Å²) in [5, 5.41) is 12.1. The Morgan fingerprint density at radius 3 is 2.63 bits per heavy atom. The Balaban J connectivity index is 2.45. The summed E-state index contributed by atoms with van der Waals surface area (Å²) >= 11 is 9.12. The van der Waals surface area contributed by atoms with Crippen molar-refractivity contribution < 1.29 is 14.3 Å². The molecule has 0 aliphatic rings. The van der Waals surface area contributed by atoms with Crippen molar-refractivity contribution in [1.29, 1.82) is 0 Å². The van der Waals surface area contributed by atoms with Crippen molar-refractivity contribution >= 4 is 44.9 Å². The first kappa shape index (κ1) is 13.8. The molecule has 0 saturated carbocycles. The van der Waals surface area contributed by atoms with E-state index in [1.54, 1.807) is 18.2 Å². The highest BCUT2D eigenvalue weighted by atomic mass is 79.9. The Hall–Kier alpha value is -1.59. The third-order valence-electron chi connectivity index (χ3n) is 2.42. The molecule has 98 valence electrons. The van der Waals surface area contributed by atoms with E-state index in [0.717, 1.165) is 6.07 Å². The van der Waals surface area contributed by atoms with Gasteiger partial charge in [-0.1, -0.05) is 23.7 Å². The zero-order chi connectivity index (χ0) is 14.0. The number of nitrogens with one attached hydrogen (secondary N) is 1. The summed E-state index contributed by atoms with van der Waals surface area (Å²) in [5.41, 5.74) is 0.899. The van der Waals surface area contributed by atoms with Crippen LogP contribution in [0.15, 0.2) is 40.9 Å². The summed E-state index contributed by atoms with van der Waals surface area (Å²) in [6, 6.07) is 8.79. The Morgan fingerprint density at radius 1 is 1.32 bits per heavy atom. The summed E-state index contributed by atoms with van der Waals surface area (Å²) in [4.78, 5) is 11.1. The van der Waals surface area contributed by atoms with Gasteiger partial charge in [0, 0.05) is 4.47 Å². The smallest absolute Gasteiger partial charge is 0.337 e. The minimum absolute atomic E-state index is 0.106. The number of para-hydroxylation sites is 1. The summed E-state index contributed by atoms with van der Waals surface area (Å²) in [6.07, 6.45) is 0.